The Morgan fingerprint density at radius 1 is 1.00 bits per heavy atom. The predicted octanol–water partition coefficient (Wildman–Crippen LogP) is 4.74. The number of amides is 2. The minimum atomic E-state index is -0.768. The van der Waals surface area contributed by atoms with Gasteiger partial charge >= 0.3 is 0 Å². The first-order valence-electron chi connectivity index (χ1n) is 13.1. The van der Waals surface area contributed by atoms with Crippen LogP contribution in [0.15, 0.2) is 54.6 Å². The van der Waals surface area contributed by atoms with Crippen LogP contribution in [0.4, 0.5) is 5.69 Å². The zero-order valence-corrected chi connectivity index (χ0v) is 21.0. The fraction of sp³-hybridized carbons (Fsp3) is 0.355. The molecule has 0 unspecified atom stereocenters. The fourth-order valence-electron chi connectivity index (χ4n) is 7.29. The number of rotatable bonds is 5. The van der Waals surface area contributed by atoms with Crippen molar-refractivity contribution in [1.29, 1.82) is 5.26 Å². The van der Waals surface area contributed by atoms with Gasteiger partial charge in [-0.3, -0.25) is 14.4 Å². The zero-order valence-electron chi connectivity index (χ0n) is 21.0. The molecule has 38 heavy (non-hydrogen) atoms. The van der Waals surface area contributed by atoms with Gasteiger partial charge in [0.25, 0.3) is 0 Å². The van der Waals surface area contributed by atoms with E-state index in [-0.39, 0.29) is 17.6 Å². The molecule has 7 nitrogen and oxygen atoms in total. The molecule has 2 amide bonds. The number of aryl methyl sites for hydroxylation is 1. The SMILES string of the molecule is C[C@@]12CC[C@@](CCOc3ccc4c(c3)CCC4=O)(O1)[C@H]1C(=O)N(c3ccc(C#N)c4ccccc34)C(=O)[C@H]12. The van der Waals surface area contributed by atoms with Crippen LogP contribution in [0.5, 0.6) is 5.75 Å². The first-order chi connectivity index (χ1) is 18.3. The van der Waals surface area contributed by atoms with Gasteiger partial charge in [0.1, 0.15) is 5.75 Å². The number of anilines is 1. The number of nitrogens with zero attached hydrogens (tertiary/aromatic N) is 2. The maximum absolute atomic E-state index is 14.0. The molecule has 0 N–H and O–H groups in total. The molecule has 3 aromatic rings. The Balaban J connectivity index is 1.18. The van der Waals surface area contributed by atoms with Crippen LogP contribution >= 0.6 is 0 Å². The summed E-state index contributed by atoms with van der Waals surface area (Å²) >= 11 is 0. The molecular formula is C31H26N2O5. The molecular weight excluding hydrogens is 480 g/mol. The van der Waals surface area contributed by atoms with Crippen molar-refractivity contribution in [2.75, 3.05) is 11.5 Å². The van der Waals surface area contributed by atoms with E-state index >= 15 is 0 Å². The van der Waals surface area contributed by atoms with Crippen molar-refractivity contribution in [2.45, 2.75) is 50.2 Å². The van der Waals surface area contributed by atoms with E-state index in [1.54, 1.807) is 12.1 Å². The fourth-order valence-corrected chi connectivity index (χ4v) is 7.29. The molecule has 190 valence electrons. The summed E-state index contributed by atoms with van der Waals surface area (Å²) in [6.45, 7) is 2.29. The summed E-state index contributed by atoms with van der Waals surface area (Å²) in [5.41, 5.74) is 1.33. The number of hydrogen-bond acceptors (Lipinski definition) is 6. The number of carbonyl (C=O) groups is 3. The molecule has 3 heterocycles. The predicted molar refractivity (Wildman–Crippen MR) is 139 cm³/mol. The van der Waals surface area contributed by atoms with Crippen LogP contribution in [0.2, 0.25) is 0 Å². The Labute approximate surface area is 219 Å². The van der Waals surface area contributed by atoms with Gasteiger partial charge in [-0.1, -0.05) is 24.3 Å². The van der Waals surface area contributed by atoms with Crippen LogP contribution in [0.3, 0.4) is 0 Å². The lowest BCUT2D eigenvalue weighted by atomic mass is 9.67. The standard InChI is InChI=1S/C31H26N2O5/c1-30-12-13-31(38-30,14-15-37-20-8-9-22-18(16-20)7-11-25(22)34)27-26(30)28(35)33(29(27)36)24-10-6-19(17-32)21-4-2-3-5-23(21)24/h2-6,8-10,16,26-27H,7,11-15H2,1H3/t26-,27+,30-,31-/m0/s1. The molecule has 1 aliphatic carbocycles. The van der Waals surface area contributed by atoms with E-state index in [9.17, 15) is 19.6 Å². The van der Waals surface area contributed by atoms with E-state index < -0.39 is 23.0 Å². The van der Waals surface area contributed by atoms with E-state index in [4.69, 9.17) is 9.47 Å². The van der Waals surface area contributed by atoms with Crippen molar-refractivity contribution >= 4 is 34.1 Å². The molecule has 3 fully saturated rings. The van der Waals surface area contributed by atoms with Crippen LogP contribution in [-0.4, -0.2) is 35.4 Å². The third-order valence-electron chi connectivity index (χ3n) is 9.07. The van der Waals surface area contributed by atoms with E-state index in [0.717, 1.165) is 22.9 Å². The number of ether oxygens (including phenoxy) is 2. The number of ketones is 1. The molecule has 3 aliphatic heterocycles. The van der Waals surface area contributed by atoms with E-state index in [0.29, 0.717) is 54.7 Å². The number of Topliss-reactive ketones (excluding diaryl/α,β-unsaturated/α-hetero) is 1. The number of imide groups is 1. The second-order valence-electron chi connectivity index (χ2n) is 11.1. The van der Waals surface area contributed by atoms with Gasteiger partial charge in [0.15, 0.2) is 5.78 Å². The Morgan fingerprint density at radius 2 is 1.79 bits per heavy atom. The van der Waals surface area contributed by atoms with Gasteiger partial charge in [0.2, 0.25) is 11.8 Å². The van der Waals surface area contributed by atoms with Crippen molar-refractivity contribution in [1.82, 2.24) is 0 Å². The number of nitriles is 1. The van der Waals surface area contributed by atoms with Crippen LogP contribution in [0.25, 0.3) is 10.8 Å². The minimum Gasteiger partial charge on any atom is -0.493 e. The first-order valence-corrected chi connectivity index (χ1v) is 13.1. The number of fused-ring (bicyclic) bond motifs is 7. The summed E-state index contributed by atoms with van der Waals surface area (Å²) in [6, 6.07) is 18.5. The Bertz CT molecular complexity index is 1610. The van der Waals surface area contributed by atoms with E-state index in [1.807, 2.05) is 49.4 Å². The second kappa shape index (κ2) is 7.99. The van der Waals surface area contributed by atoms with Gasteiger partial charge in [0.05, 0.1) is 47.0 Å². The zero-order chi connectivity index (χ0) is 26.2. The van der Waals surface area contributed by atoms with Gasteiger partial charge in [-0.15, -0.1) is 0 Å². The molecule has 3 saturated heterocycles. The van der Waals surface area contributed by atoms with Gasteiger partial charge in [-0.2, -0.15) is 5.26 Å². The van der Waals surface area contributed by atoms with Gasteiger partial charge in [0, 0.05) is 29.2 Å². The number of benzene rings is 3. The Morgan fingerprint density at radius 3 is 2.61 bits per heavy atom. The lowest BCUT2D eigenvalue weighted by Crippen LogP contribution is -2.43. The Kier molecular flexibility index (Phi) is 4.86. The topological polar surface area (TPSA) is 96.7 Å². The van der Waals surface area contributed by atoms with Crippen molar-refractivity contribution in [3.63, 3.8) is 0 Å². The molecule has 0 saturated carbocycles. The smallest absolute Gasteiger partial charge is 0.240 e. The van der Waals surface area contributed by atoms with Gasteiger partial charge in [-0.05, 0) is 62.1 Å². The summed E-state index contributed by atoms with van der Waals surface area (Å²) in [5, 5.41) is 11.0. The Hall–Kier alpha value is -4.02. The van der Waals surface area contributed by atoms with Gasteiger partial charge in [-0.25, -0.2) is 4.90 Å². The van der Waals surface area contributed by atoms with E-state index in [2.05, 4.69) is 6.07 Å². The molecule has 2 bridgehead atoms. The number of hydrogen-bond donors (Lipinski definition) is 0. The lowest BCUT2D eigenvalue weighted by Gasteiger charge is -2.31. The molecule has 0 aromatic heterocycles. The molecule has 3 aromatic carbocycles. The molecule has 7 rings (SSSR count). The summed E-state index contributed by atoms with van der Waals surface area (Å²) in [7, 11) is 0. The summed E-state index contributed by atoms with van der Waals surface area (Å²) in [6.07, 6.45) is 3.15. The van der Waals surface area contributed by atoms with Crippen molar-refractivity contribution in [3.8, 4) is 11.8 Å². The van der Waals surface area contributed by atoms with Crippen LogP contribution in [0.1, 0.15) is 54.1 Å². The average Bonchev–Trinajstić information content (AvgIpc) is 3.62. The van der Waals surface area contributed by atoms with Crippen molar-refractivity contribution in [3.05, 3.63) is 71.3 Å². The summed E-state index contributed by atoms with van der Waals surface area (Å²) < 4.78 is 12.6. The first kappa shape index (κ1) is 23.1. The maximum Gasteiger partial charge on any atom is 0.240 e. The van der Waals surface area contributed by atoms with Crippen LogP contribution in [-0.2, 0) is 20.7 Å². The van der Waals surface area contributed by atoms with Crippen LogP contribution < -0.4 is 9.64 Å². The third-order valence-corrected chi connectivity index (χ3v) is 9.07. The molecule has 7 heteroatoms. The number of carbonyl (C=O) groups excluding carboxylic acids is 3. The largest absolute Gasteiger partial charge is 0.493 e. The molecule has 0 radical (unpaired) electrons. The van der Waals surface area contributed by atoms with Crippen molar-refractivity contribution in [2.24, 2.45) is 11.8 Å². The highest BCUT2D eigenvalue weighted by Gasteiger charge is 2.73. The third kappa shape index (κ3) is 3.07. The monoisotopic (exact) mass is 506 g/mol. The highest BCUT2D eigenvalue weighted by molar-refractivity contribution is 6.26. The summed E-state index contributed by atoms with van der Waals surface area (Å²) in [4.78, 5) is 41.2. The van der Waals surface area contributed by atoms with Crippen molar-refractivity contribution < 1.29 is 23.9 Å². The maximum atomic E-state index is 14.0. The average molecular weight is 507 g/mol. The summed E-state index contributed by atoms with van der Waals surface area (Å²) in [5.74, 6) is -0.735. The molecule has 0 spiro atoms. The van der Waals surface area contributed by atoms with E-state index in [1.165, 1.54) is 4.90 Å². The van der Waals surface area contributed by atoms with Crippen LogP contribution in [0, 0.1) is 23.2 Å². The lowest BCUT2D eigenvalue weighted by molar-refractivity contribution is -0.131. The quantitative estimate of drug-likeness (QED) is 0.464. The highest BCUT2D eigenvalue weighted by atomic mass is 16.5. The normalized spacial score (nSPS) is 29.2. The molecule has 4 aliphatic rings. The molecule has 4 atom stereocenters. The second-order valence-corrected chi connectivity index (χ2v) is 11.1. The highest BCUT2D eigenvalue weighted by Crippen LogP contribution is 2.62. The minimum absolute atomic E-state index is 0.171. The van der Waals surface area contributed by atoms with Gasteiger partial charge < -0.3 is 9.47 Å².